The molecule has 0 aromatic heterocycles. The molecule has 0 bridgehead atoms. The molecule has 2 unspecified atom stereocenters. The lowest BCUT2D eigenvalue weighted by Gasteiger charge is -2.22. The van der Waals surface area contributed by atoms with Crippen molar-refractivity contribution in [1.82, 2.24) is 10.2 Å². The predicted molar refractivity (Wildman–Crippen MR) is 112 cm³/mol. The Bertz CT molecular complexity index is 1010. The molecule has 2 amide bonds. The average Bonchev–Trinajstić information content (AvgIpc) is 3.06. The zero-order chi connectivity index (χ0) is 22.2. The fraction of sp³-hybridized carbons (Fsp3) is 0.304. The van der Waals surface area contributed by atoms with Crippen molar-refractivity contribution in [3.8, 4) is 23.3 Å². The molecule has 1 aliphatic heterocycles. The molecule has 2 N–H and O–H groups in total. The zero-order valence-corrected chi connectivity index (χ0v) is 16.8. The molecule has 2 aromatic carbocycles. The summed E-state index contributed by atoms with van der Waals surface area (Å²) in [5, 5.41) is 30.2. The van der Waals surface area contributed by atoms with Crippen molar-refractivity contribution in [2.75, 3.05) is 19.7 Å². The van der Waals surface area contributed by atoms with E-state index < -0.39 is 24.1 Å². The summed E-state index contributed by atoms with van der Waals surface area (Å²) in [4.78, 5) is 24.9. The summed E-state index contributed by atoms with van der Waals surface area (Å²) in [6, 6.07) is 18.3. The summed E-state index contributed by atoms with van der Waals surface area (Å²) in [5.74, 6) is -0.492. The van der Waals surface area contributed by atoms with Crippen molar-refractivity contribution in [2.24, 2.45) is 0 Å². The van der Waals surface area contributed by atoms with Crippen LogP contribution >= 0.6 is 0 Å². The first-order valence-corrected chi connectivity index (χ1v) is 9.89. The molecule has 1 fully saturated rings. The molecule has 1 aliphatic rings. The van der Waals surface area contributed by atoms with Gasteiger partial charge < -0.3 is 20.1 Å². The third-order valence-corrected chi connectivity index (χ3v) is 5.05. The Hall–Kier alpha value is -3.88. The summed E-state index contributed by atoms with van der Waals surface area (Å²) in [6.07, 6.45) is -1.20. The third kappa shape index (κ3) is 5.81. The van der Waals surface area contributed by atoms with Crippen LogP contribution in [0.25, 0.3) is 11.1 Å². The monoisotopic (exact) mass is 418 g/mol. The Morgan fingerprint density at radius 1 is 1.13 bits per heavy atom. The van der Waals surface area contributed by atoms with E-state index in [4.69, 9.17) is 10.00 Å². The Morgan fingerprint density at radius 3 is 2.35 bits per heavy atom. The molecule has 0 radical (unpaired) electrons. The maximum absolute atomic E-state index is 12.5. The number of nitrogens with one attached hydrogen (secondary N) is 1. The first-order chi connectivity index (χ1) is 15.0. The predicted octanol–water partition coefficient (Wildman–Crippen LogP) is 2.55. The van der Waals surface area contributed by atoms with Crippen LogP contribution in [0.15, 0.2) is 48.5 Å². The second-order valence-electron chi connectivity index (χ2n) is 7.22. The fourth-order valence-corrected chi connectivity index (χ4v) is 3.36. The van der Waals surface area contributed by atoms with E-state index in [1.54, 1.807) is 12.1 Å². The van der Waals surface area contributed by atoms with Gasteiger partial charge in [0.1, 0.15) is 6.04 Å². The van der Waals surface area contributed by atoms with Gasteiger partial charge in [-0.05, 0) is 35.2 Å². The van der Waals surface area contributed by atoms with Gasteiger partial charge >= 0.3 is 6.09 Å². The second-order valence-corrected chi connectivity index (χ2v) is 7.22. The summed E-state index contributed by atoms with van der Waals surface area (Å²) < 4.78 is 5.48. The Balaban J connectivity index is 1.61. The Kier molecular flexibility index (Phi) is 7.21. The van der Waals surface area contributed by atoms with Gasteiger partial charge in [0.15, 0.2) is 6.10 Å². The van der Waals surface area contributed by atoms with E-state index in [9.17, 15) is 20.0 Å². The number of nitrogens with zero attached hydrogens (tertiary/aromatic N) is 3. The number of nitriles is 2. The number of ether oxygens (including phenoxy) is 1. The quantitative estimate of drug-likeness (QED) is 0.768. The van der Waals surface area contributed by atoms with Crippen molar-refractivity contribution in [3.63, 3.8) is 0 Å². The van der Waals surface area contributed by atoms with Crippen LogP contribution in [-0.4, -0.2) is 53.8 Å². The highest BCUT2D eigenvalue weighted by atomic mass is 16.5. The lowest BCUT2D eigenvalue weighted by atomic mass is 10.00. The third-order valence-electron chi connectivity index (χ3n) is 5.05. The van der Waals surface area contributed by atoms with Crippen LogP contribution in [0.2, 0.25) is 0 Å². The van der Waals surface area contributed by atoms with Crippen molar-refractivity contribution in [1.29, 1.82) is 10.5 Å². The van der Waals surface area contributed by atoms with Crippen LogP contribution < -0.4 is 5.32 Å². The largest absolute Gasteiger partial charge is 0.465 e. The molecular formula is C23H22N4O4. The van der Waals surface area contributed by atoms with Gasteiger partial charge in [-0.3, -0.25) is 4.79 Å². The van der Waals surface area contributed by atoms with Crippen LogP contribution in [0.5, 0.6) is 0 Å². The van der Waals surface area contributed by atoms with Gasteiger partial charge in [0, 0.05) is 19.6 Å². The van der Waals surface area contributed by atoms with E-state index in [0.717, 1.165) is 21.6 Å². The molecule has 3 rings (SSSR count). The number of carbonyl (C=O) groups is 2. The first-order valence-electron chi connectivity index (χ1n) is 9.89. The molecule has 0 saturated carbocycles. The molecule has 8 nitrogen and oxygen atoms in total. The molecule has 0 spiro atoms. The van der Waals surface area contributed by atoms with Gasteiger partial charge in [0.2, 0.25) is 0 Å². The van der Waals surface area contributed by atoms with E-state index in [2.05, 4.69) is 17.5 Å². The lowest BCUT2D eigenvalue weighted by molar-refractivity contribution is -0.133. The highest BCUT2D eigenvalue weighted by Gasteiger charge is 2.28. The maximum Gasteiger partial charge on any atom is 0.407 e. The zero-order valence-electron chi connectivity index (χ0n) is 16.8. The van der Waals surface area contributed by atoms with Gasteiger partial charge in [-0.15, -0.1) is 0 Å². The molecule has 1 heterocycles. The van der Waals surface area contributed by atoms with Crippen molar-refractivity contribution < 1.29 is 19.4 Å². The SMILES string of the molecule is N#Cc1ccc(-c2ccc(CC(C#N)NC(=O)C3CN(C(=O)O)CCCO3)cc2)cc1. The summed E-state index contributed by atoms with van der Waals surface area (Å²) in [6.45, 7) is 0.543. The van der Waals surface area contributed by atoms with Gasteiger partial charge in [-0.1, -0.05) is 36.4 Å². The van der Waals surface area contributed by atoms with Gasteiger partial charge in [-0.25, -0.2) is 4.79 Å². The molecule has 1 saturated heterocycles. The minimum atomic E-state index is -1.09. The smallest absolute Gasteiger partial charge is 0.407 e. The Labute approximate surface area is 180 Å². The molecule has 2 aromatic rings. The van der Waals surface area contributed by atoms with E-state index in [1.165, 1.54) is 0 Å². The van der Waals surface area contributed by atoms with E-state index in [0.29, 0.717) is 24.9 Å². The standard InChI is InChI=1S/C23H22N4O4/c24-13-17-4-8-19(9-5-17)18-6-2-16(3-7-18)12-20(14-25)26-22(28)21-15-27(23(29)30)10-1-11-31-21/h2-9,20-21H,1,10-12,15H2,(H,26,28)(H,29,30). The van der Waals surface area contributed by atoms with Gasteiger partial charge in [0.25, 0.3) is 5.91 Å². The number of carbonyl (C=O) groups excluding carboxylic acids is 1. The fourth-order valence-electron chi connectivity index (χ4n) is 3.36. The van der Waals surface area contributed by atoms with Crippen LogP contribution in [-0.2, 0) is 16.0 Å². The maximum atomic E-state index is 12.5. The first kappa shape index (κ1) is 21.8. The minimum absolute atomic E-state index is 0.0569. The highest BCUT2D eigenvalue weighted by Crippen LogP contribution is 2.21. The van der Waals surface area contributed by atoms with Crippen molar-refractivity contribution >= 4 is 12.0 Å². The number of amides is 2. The van der Waals surface area contributed by atoms with Gasteiger partial charge in [0.05, 0.1) is 24.2 Å². The molecular weight excluding hydrogens is 396 g/mol. The van der Waals surface area contributed by atoms with Crippen LogP contribution in [0.4, 0.5) is 4.79 Å². The highest BCUT2D eigenvalue weighted by molar-refractivity contribution is 5.82. The van der Waals surface area contributed by atoms with E-state index in [1.807, 2.05) is 36.4 Å². The van der Waals surface area contributed by atoms with Crippen molar-refractivity contribution in [2.45, 2.75) is 25.0 Å². The summed E-state index contributed by atoms with van der Waals surface area (Å²) in [5.41, 5.74) is 3.42. The van der Waals surface area contributed by atoms with E-state index in [-0.39, 0.29) is 13.2 Å². The lowest BCUT2D eigenvalue weighted by Crippen LogP contribution is -2.47. The normalized spacial score (nSPS) is 17.0. The van der Waals surface area contributed by atoms with Crippen LogP contribution in [0.3, 0.4) is 0 Å². The molecule has 2 atom stereocenters. The molecule has 31 heavy (non-hydrogen) atoms. The average molecular weight is 418 g/mol. The molecule has 158 valence electrons. The number of hydrogen-bond donors (Lipinski definition) is 2. The number of benzene rings is 2. The summed E-state index contributed by atoms with van der Waals surface area (Å²) in [7, 11) is 0. The van der Waals surface area contributed by atoms with Gasteiger partial charge in [-0.2, -0.15) is 10.5 Å². The van der Waals surface area contributed by atoms with Crippen LogP contribution in [0, 0.1) is 22.7 Å². The topological polar surface area (TPSA) is 126 Å². The number of hydrogen-bond acceptors (Lipinski definition) is 5. The van der Waals surface area contributed by atoms with E-state index >= 15 is 0 Å². The number of rotatable bonds is 5. The van der Waals surface area contributed by atoms with Crippen molar-refractivity contribution in [3.05, 3.63) is 59.7 Å². The molecule has 0 aliphatic carbocycles. The van der Waals surface area contributed by atoms with Crippen LogP contribution in [0.1, 0.15) is 17.5 Å². The second kappa shape index (κ2) is 10.2. The minimum Gasteiger partial charge on any atom is -0.465 e. The molecule has 8 heteroatoms. The number of carboxylic acid groups (broad SMARTS) is 1. The summed E-state index contributed by atoms with van der Waals surface area (Å²) >= 11 is 0. The Morgan fingerprint density at radius 2 is 1.77 bits per heavy atom.